The molecule has 0 radical (unpaired) electrons. The van der Waals surface area contributed by atoms with Crippen LogP contribution < -0.4 is 10.1 Å². The van der Waals surface area contributed by atoms with Crippen molar-refractivity contribution in [2.24, 2.45) is 7.05 Å². The van der Waals surface area contributed by atoms with E-state index < -0.39 is 5.82 Å². The van der Waals surface area contributed by atoms with Gasteiger partial charge in [0.05, 0.1) is 18.3 Å². The van der Waals surface area contributed by atoms with E-state index in [1.54, 1.807) is 17.9 Å². The average Bonchev–Trinajstić information content (AvgIpc) is 3.14. The van der Waals surface area contributed by atoms with Gasteiger partial charge in [-0.2, -0.15) is 5.10 Å². The molecule has 0 saturated carbocycles. The molecule has 5 rings (SSSR count). The van der Waals surface area contributed by atoms with E-state index in [1.165, 1.54) is 18.2 Å². The molecule has 1 aliphatic rings. The normalized spacial score (nSPS) is 14.4. The maximum Gasteiger partial charge on any atom is 0.193 e. The van der Waals surface area contributed by atoms with Gasteiger partial charge >= 0.3 is 0 Å². The predicted octanol–water partition coefficient (Wildman–Crippen LogP) is 4.31. The third kappa shape index (κ3) is 3.06. The van der Waals surface area contributed by atoms with Gasteiger partial charge in [0.2, 0.25) is 0 Å². The van der Waals surface area contributed by atoms with Crippen LogP contribution >= 0.6 is 0 Å². The first-order valence-electron chi connectivity index (χ1n) is 9.65. The summed E-state index contributed by atoms with van der Waals surface area (Å²) in [5, 5.41) is 9.31. The molecule has 29 heavy (non-hydrogen) atoms. The highest BCUT2D eigenvalue weighted by Crippen LogP contribution is 2.37. The van der Waals surface area contributed by atoms with Crippen molar-refractivity contribution in [3.8, 4) is 17.0 Å². The van der Waals surface area contributed by atoms with Crippen molar-refractivity contribution < 1.29 is 9.13 Å². The number of methoxy groups -OCH3 is 1. The lowest BCUT2D eigenvalue weighted by Gasteiger charge is -2.15. The second-order valence-electron chi connectivity index (χ2n) is 7.30. The third-order valence-electron chi connectivity index (χ3n) is 5.41. The maximum absolute atomic E-state index is 15.0. The molecule has 1 N–H and O–H groups in total. The van der Waals surface area contributed by atoms with Crippen LogP contribution in [0.3, 0.4) is 0 Å². The fraction of sp³-hybridized carbons (Fsp3) is 0.217. The van der Waals surface area contributed by atoms with Gasteiger partial charge < -0.3 is 10.1 Å². The van der Waals surface area contributed by atoms with Crippen molar-refractivity contribution in [3.63, 3.8) is 0 Å². The van der Waals surface area contributed by atoms with Crippen LogP contribution in [0.25, 0.3) is 38.6 Å². The van der Waals surface area contributed by atoms with Crippen LogP contribution in [0, 0.1) is 5.82 Å². The second kappa shape index (κ2) is 6.97. The Morgan fingerprint density at radius 3 is 2.83 bits per heavy atom. The standard InChI is InChI=1S/C23H21FN4O/c1-28-13-17-12-18(23(29-2)21(24)22(17)27-28)20-6-4-16-11-15(3-5-19(16)26-20)14-7-9-25-10-8-14/h3-7,11-13,25H,8-10H2,1-2H3. The van der Waals surface area contributed by atoms with Crippen LogP contribution in [0.15, 0.2) is 48.7 Å². The van der Waals surface area contributed by atoms with Crippen LogP contribution in [-0.2, 0) is 7.05 Å². The zero-order valence-electron chi connectivity index (χ0n) is 16.4. The van der Waals surface area contributed by atoms with Gasteiger partial charge in [-0.15, -0.1) is 0 Å². The Hall–Kier alpha value is -3.25. The molecule has 0 unspecified atom stereocenters. The molecule has 1 aliphatic heterocycles. The molecule has 3 heterocycles. The molecular formula is C23H21FN4O. The summed E-state index contributed by atoms with van der Waals surface area (Å²) in [5.41, 5.74) is 5.06. The largest absolute Gasteiger partial charge is 0.493 e. The molecule has 2 aromatic carbocycles. The monoisotopic (exact) mass is 388 g/mol. The van der Waals surface area contributed by atoms with Crippen molar-refractivity contribution in [3.05, 3.63) is 60.1 Å². The number of hydrogen-bond donors (Lipinski definition) is 1. The Kier molecular flexibility index (Phi) is 4.28. The van der Waals surface area contributed by atoms with E-state index in [0.29, 0.717) is 16.8 Å². The number of halogens is 1. The number of nitrogens with one attached hydrogen (secondary N) is 1. The summed E-state index contributed by atoms with van der Waals surface area (Å²) < 4.78 is 21.9. The lowest BCUT2D eigenvalue weighted by Crippen LogP contribution is -2.19. The first-order valence-corrected chi connectivity index (χ1v) is 9.65. The summed E-state index contributed by atoms with van der Waals surface area (Å²) in [7, 11) is 3.24. The summed E-state index contributed by atoms with van der Waals surface area (Å²) in [5.74, 6) is -0.296. The first-order chi connectivity index (χ1) is 14.1. The van der Waals surface area contributed by atoms with Crippen LogP contribution in [-0.4, -0.2) is 35.0 Å². The van der Waals surface area contributed by atoms with E-state index in [2.05, 4.69) is 28.6 Å². The van der Waals surface area contributed by atoms with E-state index in [-0.39, 0.29) is 5.75 Å². The van der Waals surface area contributed by atoms with Gasteiger partial charge in [0.15, 0.2) is 11.6 Å². The van der Waals surface area contributed by atoms with Crippen LogP contribution in [0.1, 0.15) is 12.0 Å². The number of ether oxygens (including phenoxy) is 1. The summed E-state index contributed by atoms with van der Waals surface area (Å²) in [6.07, 6.45) is 5.06. The SMILES string of the molecule is COc1c(-c2ccc3cc(C4=CCNCC4)ccc3n2)cc2cn(C)nc2c1F. The molecule has 0 aliphatic carbocycles. The fourth-order valence-electron chi connectivity index (χ4n) is 3.98. The third-order valence-corrected chi connectivity index (χ3v) is 5.41. The molecule has 4 aromatic rings. The van der Waals surface area contributed by atoms with Gasteiger partial charge in [-0.25, -0.2) is 9.37 Å². The average molecular weight is 388 g/mol. The van der Waals surface area contributed by atoms with Crippen LogP contribution in [0.4, 0.5) is 4.39 Å². The number of aryl methyl sites for hydroxylation is 1. The Morgan fingerprint density at radius 1 is 1.14 bits per heavy atom. The van der Waals surface area contributed by atoms with Crippen molar-refractivity contribution in [2.75, 3.05) is 20.2 Å². The molecule has 0 fully saturated rings. The van der Waals surface area contributed by atoms with Crippen molar-refractivity contribution in [1.29, 1.82) is 0 Å². The van der Waals surface area contributed by atoms with E-state index in [0.717, 1.165) is 35.8 Å². The molecule has 0 bridgehead atoms. The Balaban J connectivity index is 1.63. The molecule has 0 amide bonds. The molecular weight excluding hydrogens is 367 g/mol. The highest BCUT2D eigenvalue weighted by atomic mass is 19.1. The summed E-state index contributed by atoms with van der Waals surface area (Å²) in [6.45, 7) is 1.91. The van der Waals surface area contributed by atoms with Crippen LogP contribution in [0.2, 0.25) is 0 Å². The molecule has 6 heteroatoms. The molecule has 5 nitrogen and oxygen atoms in total. The van der Waals surface area contributed by atoms with Crippen molar-refractivity contribution in [1.82, 2.24) is 20.1 Å². The zero-order valence-corrected chi connectivity index (χ0v) is 16.4. The van der Waals surface area contributed by atoms with Gasteiger partial charge in [-0.05, 0) is 48.4 Å². The minimum absolute atomic E-state index is 0.166. The van der Waals surface area contributed by atoms with Gasteiger partial charge in [0.1, 0.15) is 5.52 Å². The van der Waals surface area contributed by atoms with Gasteiger partial charge in [-0.1, -0.05) is 18.2 Å². The summed E-state index contributed by atoms with van der Waals surface area (Å²) in [6, 6.07) is 12.1. The molecule has 146 valence electrons. The van der Waals surface area contributed by atoms with E-state index in [1.807, 2.05) is 24.3 Å². The van der Waals surface area contributed by atoms with E-state index >= 15 is 0 Å². The number of pyridine rings is 1. The Bertz CT molecular complexity index is 1280. The van der Waals surface area contributed by atoms with Gasteiger partial charge in [0, 0.05) is 36.1 Å². The highest BCUT2D eigenvalue weighted by Gasteiger charge is 2.19. The molecule has 0 spiro atoms. The van der Waals surface area contributed by atoms with E-state index in [9.17, 15) is 4.39 Å². The number of hydrogen-bond acceptors (Lipinski definition) is 4. The Labute approximate surface area is 167 Å². The van der Waals surface area contributed by atoms with Crippen LogP contribution in [0.5, 0.6) is 5.75 Å². The smallest absolute Gasteiger partial charge is 0.193 e. The fourth-order valence-corrected chi connectivity index (χ4v) is 3.98. The minimum Gasteiger partial charge on any atom is -0.493 e. The summed E-state index contributed by atoms with van der Waals surface area (Å²) in [4.78, 5) is 4.79. The molecule has 0 atom stereocenters. The number of rotatable bonds is 3. The molecule has 0 saturated heterocycles. The molecule has 2 aromatic heterocycles. The number of nitrogens with zero attached hydrogens (tertiary/aromatic N) is 3. The lowest BCUT2D eigenvalue weighted by molar-refractivity contribution is 0.390. The summed E-state index contributed by atoms with van der Waals surface area (Å²) >= 11 is 0. The quantitative estimate of drug-likeness (QED) is 0.568. The van der Waals surface area contributed by atoms with Crippen molar-refractivity contribution in [2.45, 2.75) is 6.42 Å². The Morgan fingerprint density at radius 2 is 2.03 bits per heavy atom. The van der Waals surface area contributed by atoms with E-state index in [4.69, 9.17) is 9.72 Å². The van der Waals surface area contributed by atoms with Gasteiger partial charge in [-0.3, -0.25) is 4.68 Å². The lowest BCUT2D eigenvalue weighted by atomic mass is 9.98. The highest BCUT2D eigenvalue weighted by molar-refractivity contribution is 5.90. The zero-order chi connectivity index (χ0) is 20.0. The maximum atomic E-state index is 15.0. The second-order valence-corrected chi connectivity index (χ2v) is 7.30. The first kappa shape index (κ1) is 17.8. The van der Waals surface area contributed by atoms with Crippen molar-refractivity contribution >= 4 is 27.4 Å². The number of benzene rings is 2. The topological polar surface area (TPSA) is 52.0 Å². The number of fused-ring (bicyclic) bond motifs is 2. The predicted molar refractivity (Wildman–Crippen MR) is 113 cm³/mol. The number of aromatic nitrogens is 3. The van der Waals surface area contributed by atoms with Gasteiger partial charge in [0.25, 0.3) is 0 Å². The minimum atomic E-state index is -0.462.